The molecule has 0 saturated carbocycles. The first-order chi connectivity index (χ1) is 16.1. The Morgan fingerprint density at radius 1 is 0.778 bits per heavy atom. The first-order valence-electron chi connectivity index (χ1n) is 13.4. The number of rotatable bonds is 6. The van der Waals surface area contributed by atoms with E-state index in [9.17, 15) is 0 Å². The van der Waals surface area contributed by atoms with Gasteiger partial charge in [0.1, 0.15) is 0 Å². The van der Waals surface area contributed by atoms with Gasteiger partial charge in [-0.05, 0) is 0 Å². The predicted molar refractivity (Wildman–Crippen MR) is 149 cm³/mol. The van der Waals surface area contributed by atoms with Crippen molar-refractivity contribution < 1.29 is 45.2 Å². The second kappa shape index (κ2) is 12.6. The molecule has 0 saturated heterocycles. The minimum absolute atomic E-state index is 0. The maximum Gasteiger partial charge on any atom is -1.00 e. The number of allylic oxidation sites excluding steroid dienone is 4. The molecule has 0 spiro atoms. The fourth-order valence-corrected chi connectivity index (χ4v) is 30.7. The summed E-state index contributed by atoms with van der Waals surface area (Å²) in [4.78, 5) is 0. The van der Waals surface area contributed by atoms with Crippen LogP contribution in [0.25, 0.3) is 11.1 Å². The van der Waals surface area contributed by atoms with Crippen LogP contribution in [-0.2, 0) is 31.2 Å². The topological polar surface area (TPSA) is 0 Å². The fraction of sp³-hybridized carbons (Fsp3) is 0.500. The van der Waals surface area contributed by atoms with Crippen molar-refractivity contribution in [3.05, 3.63) is 80.2 Å². The number of fused-ring (bicyclic) bond motifs is 3. The summed E-state index contributed by atoms with van der Waals surface area (Å²) in [7, 11) is 0. The van der Waals surface area contributed by atoms with Crippen LogP contribution in [0.15, 0.2) is 57.9 Å². The molecule has 0 aromatic heterocycles. The number of hydrogen-bond donors (Lipinski definition) is 0. The van der Waals surface area contributed by atoms with Gasteiger partial charge >= 0.3 is 218 Å². The Balaban J connectivity index is 0.00000228. The van der Waals surface area contributed by atoms with Gasteiger partial charge in [-0.1, -0.05) is 0 Å². The van der Waals surface area contributed by atoms with E-state index in [-0.39, 0.29) is 41.1 Å². The van der Waals surface area contributed by atoms with Crippen molar-refractivity contribution in [3.8, 4) is 11.1 Å². The molecular formula is C32H44Cl2SiZr. The molecule has 0 fully saturated rings. The van der Waals surface area contributed by atoms with E-state index in [2.05, 4.69) is 110 Å². The van der Waals surface area contributed by atoms with Gasteiger partial charge in [-0.15, -0.1) is 0 Å². The fourth-order valence-electron chi connectivity index (χ4n) is 5.77. The average molecular weight is 619 g/mol. The molecule has 2 aromatic carbocycles. The zero-order valence-electron chi connectivity index (χ0n) is 23.6. The first kappa shape index (κ1) is 31.8. The summed E-state index contributed by atoms with van der Waals surface area (Å²) in [6, 6.07) is 18.0. The zero-order chi connectivity index (χ0) is 24.7. The third-order valence-corrected chi connectivity index (χ3v) is 29.1. The molecule has 4 rings (SSSR count). The van der Waals surface area contributed by atoms with Crippen LogP contribution in [0.5, 0.6) is 0 Å². The first-order valence-corrected chi connectivity index (χ1v) is 21.7. The normalized spacial score (nSPS) is 14.2. The van der Waals surface area contributed by atoms with Gasteiger partial charge in [-0.25, -0.2) is 0 Å². The molecule has 0 N–H and O–H groups in total. The Labute approximate surface area is 241 Å². The van der Waals surface area contributed by atoms with Crippen molar-refractivity contribution in [1.82, 2.24) is 0 Å². The van der Waals surface area contributed by atoms with Gasteiger partial charge in [-0.2, -0.15) is 0 Å². The van der Waals surface area contributed by atoms with E-state index >= 15 is 0 Å². The molecule has 0 heterocycles. The quantitative estimate of drug-likeness (QED) is 0.434. The van der Waals surface area contributed by atoms with Gasteiger partial charge in [-0.3, -0.25) is 0 Å². The van der Waals surface area contributed by atoms with Crippen LogP contribution >= 0.6 is 0 Å². The average Bonchev–Trinajstić information content (AvgIpc) is 3.40. The predicted octanol–water partition coefficient (Wildman–Crippen LogP) is 3.63. The Kier molecular flexibility index (Phi) is 11.2. The maximum atomic E-state index is 2.64. The Morgan fingerprint density at radius 3 is 1.61 bits per heavy atom. The number of benzene rings is 2. The van der Waals surface area contributed by atoms with Crippen LogP contribution in [0, 0.1) is 0 Å². The Hall–Kier alpha value is -0.400. The summed E-state index contributed by atoms with van der Waals surface area (Å²) in [6.07, 6.45) is 11.3. The molecule has 2 aromatic rings. The summed E-state index contributed by atoms with van der Waals surface area (Å²) in [5.41, 5.74) is 9.47. The molecular weight excluding hydrogens is 575 g/mol. The summed E-state index contributed by atoms with van der Waals surface area (Å²) in [5, 5.41) is 0. The largest absolute Gasteiger partial charge is 1.00 e. The van der Waals surface area contributed by atoms with Crippen molar-refractivity contribution in [2.24, 2.45) is 0 Å². The smallest absolute Gasteiger partial charge is 1.00 e. The second-order valence-corrected chi connectivity index (χ2v) is 28.0. The van der Waals surface area contributed by atoms with E-state index in [1.165, 1.54) is 53.6 Å². The van der Waals surface area contributed by atoms with Gasteiger partial charge < -0.3 is 24.8 Å². The van der Waals surface area contributed by atoms with Gasteiger partial charge in [0.25, 0.3) is 0 Å². The molecule has 36 heavy (non-hydrogen) atoms. The van der Waals surface area contributed by atoms with Crippen LogP contribution in [-0.4, -0.2) is 5.43 Å². The van der Waals surface area contributed by atoms with Crippen LogP contribution in [0.3, 0.4) is 0 Å². The van der Waals surface area contributed by atoms with E-state index in [0.717, 1.165) is 0 Å². The molecule has 2 aliphatic carbocycles. The monoisotopic (exact) mass is 616 g/mol. The summed E-state index contributed by atoms with van der Waals surface area (Å²) >= 11 is -2.00. The van der Waals surface area contributed by atoms with E-state index in [1.54, 1.807) is 11.1 Å². The number of halogens is 2. The van der Waals surface area contributed by atoms with Crippen molar-refractivity contribution in [3.63, 3.8) is 0 Å². The molecule has 194 valence electrons. The van der Waals surface area contributed by atoms with Gasteiger partial charge in [0.05, 0.1) is 0 Å². The third kappa shape index (κ3) is 6.42. The summed E-state index contributed by atoms with van der Waals surface area (Å²) in [6.45, 7) is 19.1. The molecule has 0 aliphatic heterocycles. The van der Waals surface area contributed by atoms with Gasteiger partial charge in [0.2, 0.25) is 0 Å². The van der Waals surface area contributed by atoms with E-state index in [1.807, 2.05) is 3.28 Å². The summed E-state index contributed by atoms with van der Waals surface area (Å²) < 4.78 is 2.58. The second-order valence-electron chi connectivity index (χ2n) is 12.4. The Morgan fingerprint density at radius 2 is 1.25 bits per heavy atom. The SMILES string of the molecule is CCC[Si](CCC)=[Zr+2]([C]1=CC=CC1)[CH]1c2cc(C(C)(C)C)ccc2-c2ccc(C(C)(C)C)cc21.[Cl-].[Cl-]. The van der Waals surface area contributed by atoms with Gasteiger partial charge in [0, 0.05) is 0 Å². The van der Waals surface area contributed by atoms with E-state index < -0.39 is 20.4 Å². The Bertz CT molecular complexity index is 1100. The molecule has 0 radical (unpaired) electrons. The van der Waals surface area contributed by atoms with Crippen LogP contribution < -0.4 is 24.8 Å². The van der Waals surface area contributed by atoms with E-state index in [4.69, 9.17) is 0 Å². The minimum atomic E-state index is -2.00. The molecule has 0 amide bonds. The summed E-state index contributed by atoms with van der Waals surface area (Å²) in [5.74, 6) is 0. The maximum absolute atomic E-state index is 2.64. The van der Waals surface area contributed by atoms with Crippen LogP contribution in [0.2, 0.25) is 12.1 Å². The molecule has 2 aliphatic rings. The van der Waals surface area contributed by atoms with Gasteiger partial charge in [0.15, 0.2) is 0 Å². The molecule has 0 bridgehead atoms. The van der Waals surface area contributed by atoms with Crippen LogP contribution in [0.1, 0.15) is 101 Å². The van der Waals surface area contributed by atoms with Crippen LogP contribution in [0.4, 0.5) is 0 Å². The molecule has 0 unspecified atom stereocenters. The van der Waals surface area contributed by atoms with Crippen molar-refractivity contribution >= 4 is 5.43 Å². The zero-order valence-corrected chi connectivity index (χ0v) is 28.5. The third-order valence-electron chi connectivity index (χ3n) is 7.64. The molecule has 0 nitrogen and oxygen atoms in total. The van der Waals surface area contributed by atoms with Crippen molar-refractivity contribution in [1.29, 1.82) is 0 Å². The molecule has 4 heteroatoms. The molecule has 0 atom stereocenters. The van der Waals surface area contributed by atoms with Crippen molar-refractivity contribution in [2.75, 3.05) is 0 Å². The standard InChI is InChI=1S/C21H25.C6H14Si.C5H5.2ClH.Zr/c1-20(2,3)16-7-9-18-14(12-16)11-15-13-17(21(4,5)6)8-10-19(15)18;1-3-5-7-6-4-2;1-2-4-5-3-1;;;/h7-13H,1-6H3;3-6H2,1-2H3;1-3H,4H2;2*1H;/q;;;;;+2/p-2. The number of hydrogen-bond acceptors (Lipinski definition) is 0. The minimum Gasteiger partial charge on any atom is -1.00 e. The van der Waals surface area contributed by atoms with Crippen molar-refractivity contribution in [2.45, 2.75) is 101 Å². The van der Waals surface area contributed by atoms with E-state index in [0.29, 0.717) is 3.63 Å².